The van der Waals surface area contributed by atoms with Crippen molar-refractivity contribution in [3.63, 3.8) is 0 Å². The van der Waals surface area contributed by atoms with E-state index in [1.54, 1.807) is 0 Å². The molecule has 0 spiro atoms. The molecule has 0 aliphatic heterocycles. The molecule has 2 saturated carbocycles. The molecule has 3 radical (unpaired) electrons. The molecule has 2 heteroatoms. The van der Waals surface area contributed by atoms with Crippen LogP contribution >= 0.6 is 0 Å². The van der Waals surface area contributed by atoms with Gasteiger partial charge in [-0.3, -0.25) is 0 Å². The molecule has 0 saturated heterocycles. The van der Waals surface area contributed by atoms with Crippen LogP contribution < -0.4 is 0 Å². The Morgan fingerprint density at radius 1 is 1.36 bits per heavy atom. The van der Waals surface area contributed by atoms with E-state index in [1.165, 1.54) is 19.3 Å². The Bertz CT molecular complexity index is 226. The van der Waals surface area contributed by atoms with E-state index >= 15 is 0 Å². The number of ether oxygens (including phenoxy) is 1. The van der Waals surface area contributed by atoms with E-state index in [0.717, 1.165) is 23.7 Å². The van der Waals surface area contributed by atoms with Gasteiger partial charge in [-0.2, -0.15) is 0 Å². The molecule has 1 nitrogen and oxygen atoms in total. The molecule has 0 bridgehead atoms. The fourth-order valence-corrected chi connectivity index (χ4v) is 3.79. The van der Waals surface area contributed by atoms with Crippen molar-refractivity contribution < 1.29 is 4.74 Å². The summed E-state index contributed by atoms with van der Waals surface area (Å²) in [7, 11) is 0. The van der Waals surface area contributed by atoms with Crippen molar-refractivity contribution >= 4 is 16.5 Å². The fraction of sp³-hybridized carbons (Fsp3) is 1.00. The summed E-state index contributed by atoms with van der Waals surface area (Å²) in [5, 5.41) is 1.15. The van der Waals surface area contributed by atoms with Gasteiger partial charge >= 0.3 is 96.0 Å². The summed E-state index contributed by atoms with van der Waals surface area (Å²) in [6, 6.07) is 0. The van der Waals surface area contributed by atoms with Crippen LogP contribution in [0, 0.1) is 17.3 Å². The molecule has 14 heavy (non-hydrogen) atoms. The molecule has 0 aromatic rings. The van der Waals surface area contributed by atoms with Crippen LogP contribution in [0.3, 0.4) is 0 Å². The second-order valence-corrected chi connectivity index (χ2v) is 6.70. The van der Waals surface area contributed by atoms with E-state index in [9.17, 15) is 0 Å². The predicted octanol–water partition coefficient (Wildman–Crippen LogP) is 2.80. The Balaban J connectivity index is 2.07. The van der Waals surface area contributed by atoms with Crippen LogP contribution in [-0.4, -0.2) is 28.7 Å². The van der Waals surface area contributed by atoms with Gasteiger partial charge in [0.2, 0.25) is 0 Å². The van der Waals surface area contributed by atoms with E-state index in [2.05, 4.69) is 37.3 Å². The topological polar surface area (TPSA) is 9.23 Å². The first kappa shape index (κ1) is 11.0. The molecule has 0 amide bonds. The van der Waals surface area contributed by atoms with Gasteiger partial charge in [0.25, 0.3) is 0 Å². The van der Waals surface area contributed by atoms with Gasteiger partial charge in [-0.25, -0.2) is 0 Å². The Hall–Kier alpha value is 0.503. The second kappa shape index (κ2) is 3.52. The minimum absolute atomic E-state index is 0.265. The SMILES string of the molecule is CC1CCC2C(C)(C)C2(OC[CH2][Ge])C1. The Morgan fingerprint density at radius 3 is 2.71 bits per heavy atom. The standard InChI is InChI=1S/C12H21GeO/c1-9-4-5-10-11(2,3)12(10,8-9)14-7-6-13/h9-10H,4-8H2,1-3H3. The Kier molecular flexibility index (Phi) is 2.76. The molecular weight excluding hydrogens is 233 g/mol. The third-order valence-electron chi connectivity index (χ3n) is 4.50. The van der Waals surface area contributed by atoms with E-state index in [1.807, 2.05) is 0 Å². The number of hydrogen-bond acceptors (Lipinski definition) is 1. The predicted molar refractivity (Wildman–Crippen MR) is 59.5 cm³/mol. The normalized spacial score (nSPS) is 44.6. The summed E-state index contributed by atoms with van der Waals surface area (Å²) in [5.74, 6) is 1.71. The summed E-state index contributed by atoms with van der Waals surface area (Å²) >= 11 is 2.20. The zero-order valence-electron chi connectivity index (χ0n) is 9.60. The first-order chi connectivity index (χ1) is 6.54. The fourth-order valence-electron chi connectivity index (χ4n) is 3.57. The minimum atomic E-state index is 0.265. The average molecular weight is 254 g/mol. The molecule has 3 atom stereocenters. The maximum atomic E-state index is 6.18. The zero-order valence-corrected chi connectivity index (χ0v) is 11.7. The van der Waals surface area contributed by atoms with E-state index in [4.69, 9.17) is 4.74 Å². The third-order valence-corrected chi connectivity index (χ3v) is 4.93. The van der Waals surface area contributed by atoms with E-state index in [-0.39, 0.29) is 5.60 Å². The quantitative estimate of drug-likeness (QED) is 0.703. The molecule has 2 aliphatic carbocycles. The van der Waals surface area contributed by atoms with Gasteiger partial charge < -0.3 is 0 Å². The summed E-state index contributed by atoms with van der Waals surface area (Å²) in [6.45, 7) is 8.12. The molecular formula is C12H21GeO. The van der Waals surface area contributed by atoms with Crippen molar-refractivity contribution in [1.82, 2.24) is 0 Å². The molecule has 79 valence electrons. The molecule has 2 rings (SSSR count). The molecule has 0 aromatic heterocycles. The van der Waals surface area contributed by atoms with Crippen LogP contribution in [0.4, 0.5) is 0 Å². The number of hydrogen-bond donors (Lipinski definition) is 0. The van der Waals surface area contributed by atoms with Gasteiger partial charge in [-0.05, 0) is 0 Å². The average Bonchev–Trinajstić information content (AvgIpc) is 2.60. The van der Waals surface area contributed by atoms with Crippen LogP contribution in [0.1, 0.15) is 40.0 Å². The van der Waals surface area contributed by atoms with E-state index < -0.39 is 0 Å². The summed E-state index contributed by atoms with van der Waals surface area (Å²) in [6.07, 6.45) is 4.09. The Morgan fingerprint density at radius 2 is 2.07 bits per heavy atom. The van der Waals surface area contributed by atoms with Crippen molar-refractivity contribution in [2.75, 3.05) is 6.61 Å². The van der Waals surface area contributed by atoms with Gasteiger partial charge in [0.1, 0.15) is 0 Å². The van der Waals surface area contributed by atoms with Crippen molar-refractivity contribution in [1.29, 1.82) is 0 Å². The summed E-state index contributed by atoms with van der Waals surface area (Å²) in [5.41, 5.74) is 0.716. The van der Waals surface area contributed by atoms with Crippen molar-refractivity contribution in [3.05, 3.63) is 0 Å². The number of rotatable bonds is 3. The van der Waals surface area contributed by atoms with Crippen molar-refractivity contribution in [2.24, 2.45) is 17.3 Å². The van der Waals surface area contributed by atoms with Gasteiger partial charge in [-0.1, -0.05) is 0 Å². The van der Waals surface area contributed by atoms with Crippen molar-refractivity contribution in [3.8, 4) is 0 Å². The molecule has 0 heterocycles. The van der Waals surface area contributed by atoms with Crippen LogP contribution in [0.25, 0.3) is 0 Å². The van der Waals surface area contributed by atoms with Gasteiger partial charge in [0.05, 0.1) is 0 Å². The van der Waals surface area contributed by atoms with E-state index in [0.29, 0.717) is 5.41 Å². The van der Waals surface area contributed by atoms with Crippen LogP contribution in [0.5, 0.6) is 0 Å². The zero-order chi connectivity index (χ0) is 10.4. The van der Waals surface area contributed by atoms with Gasteiger partial charge in [0.15, 0.2) is 0 Å². The van der Waals surface area contributed by atoms with Gasteiger partial charge in [0, 0.05) is 0 Å². The maximum absolute atomic E-state index is 6.18. The molecule has 2 aliphatic rings. The summed E-state index contributed by atoms with van der Waals surface area (Å²) in [4.78, 5) is 0. The molecule has 3 unspecified atom stereocenters. The van der Waals surface area contributed by atoms with Crippen LogP contribution in [0.15, 0.2) is 0 Å². The molecule has 0 N–H and O–H groups in total. The second-order valence-electron chi connectivity index (χ2n) is 5.65. The van der Waals surface area contributed by atoms with Crippen LogP contribution in [0.2, 0.25) is 5.25 Å². The molecule has 0 aromatic carbocycles. The first-order valence-electron chi connectivity index (χ1n) is 5.83. The van der Waals surface area contributed by atoms with Crippen LogP contribution in [-0.2, 0) is 4.74 Å². The summed E-state index contributed by atoms with van der Waals surface area (Å²) < 4.78 is 6.18. The number of fused-ring (bicyclic) bond motifs is 1. The first-order valence-corrected chi connectivity index (χ1v) is 7.31. The Labute approximate surface area is 96.2 Å². The van der Waals surface area contributed by atoms with Gasteiger partial charge in [-0.15, -0.1) is 0 Å². The van der Waals surface area contributed by atoms with Crippen molar-refractivity contribution in [2.45, 2.75) is 50.9 Å². The third kappa shape index (κ3) is 1.39. The molecule has 2 fully saturated rings. The monoisotopic (exact) mass is 255 g/mol.